The minimum absolute atomic E-state index is 0.185. The van der Waals surface area contributed by atoms with Gasteiger partial charge in [0.05, 0.1) is 4.88 Å². The van der Waals surface area contributed by atoms with Gasteiger partial charge in [0.2, 0.25) is 0 Å². The number of hydrogen-bond donors (Lipinski definition) is 0. The molecule has 1 saturated carbocycles. The molecule has 4 nitrogen and oxygen atoms in total. The zero-order chi connectivity index (χ0) is 22.2. The van der Waals surface area contributed by atoms with E-state index in [2.05, 4.69) is 46.2 Å². The summed E-state index contributed by atoms with van der Waals surface area (Å²) in [7, 11) is 0. The van der Waals surface area contributed by atoms with Gasteiger partial charge in [-0.2, -0.15) is 0 Å². The fraction of sp³-hybridized carbons (Fsp3) is 0.464. The Morgan fingerprint density at radius 3 is 2.36 bits per heavy atom. The number of carbonyl (C=O) groups excluding carboxylic acids is 1. The first-order chi connectivity index (χ1) is 16.2. The zero-order valence-corrected chi connectivity index (χ0v) is 20.2. The highest BCUT2D eigenvalue weighted by atomic mass is 32.1. The van der Waals surface area contributed by atoms with Crippen molar-refractivity contribution in [2.24, 2.45) is 0 Å². The lowest BCUT2D eigenvalue weighted by Crippen LogP contribution is -2.48. The van der Waals surface area contributed by atoms with Gasteiger partial charge in [-0.15, -0.1) is 11.3 Å². The van der Waals surface area contributed by atoms with Crippen LogP contribution in [-0.4, -0.2) is 61.0 Å². The van der Waals surface area contributed by atoms with Crippen LogP contribution >= 0.6 is 11.3 Å². The molecule has 6 rings (SSSR count). The molecule has 1 amide bonds. The van der Waals surface area contributed by atoms with E-state index in [-0.39, 0.29) is 5.91 Å². The molecule has 0 spiro atoms. The van der Waals surface area contributed by atoms with Crippen molar-refractivity contribution >= 4 is 33.0 Å². The number of hydrogen-bond acceptors (Lipinski definition) is 4. The Morgan fingerprint density at radius 1 is 0.818 bits per heavy atom. The lowest BCUT2D eigenvalue weighted by molar-refractivity contribution is 0.0751. The van der Waals surface area contributed by atoms with Crippen LogP contribution in [0.1, 0.15) is 46.5 Å². The van der Waals surface area contributed by atoms with Gasteiger partial charge >= 0.3 is 0 Å². The van der Waals surface area contributed by atoms with Crippen molar-refractivity contribution in [3.63, 3.8) is 0 Å². The predicted octanol–water partition coefficient (Wildman–Crippen LogP) is 5.21. The van der Waals surface area contributed by atoms with Gasteiger partial charge in [-0.25, -0.2) is 0 Å². The maximum Gasteiger partial charge on any atom is 0.264 e. The second kappa shape index (κ2) is 9.11. The number of fused-ring (bicyclic) bond motifs is 2. The van der Waals surface area contributed by atoms with Gasteiger partial charge in [-0.3, -0.25) is 9.69 Å². The van der Waals surface area contributed by atoms with E-state index in [1.165, 1.54) is 78.5 Å². The van der Waals surface area contributed by atoms with E-state index in [0.717, 1.165) is 37.1 Å². The Morgan fingerprint density at radius 2 is 1.58 bits per heavy atom. The molecule has 3 aliphatic rings. The third kappa shape index (κ3) is 4.29. The highest BCUT2D eigenvalue weighted by Gasteiger charge is 2.26. The van der Waals surface area contributed by atoms with Crippen LogP contribution in [0.2, 0.25) is 0 Å². The van der Waals surface area contributed by atoms with Gasteiger partial charge in [0.1, 0.15) is 0 Å². The van der Waals surface area contributed by atoms with E-state index in [0.29, 0.717) is 0 Å². The normalized spacial score (nSPS) is 20.2. The molecule has 2 aromatic carbocycles. The topological polar surface area (TPSA) is 26.8 Å². The molecule has 3 heterocycles. The Labute approximate surface area is 200 Å². The maximum atomic E-state index is 13.1. The number of piperazine rings is 1. The number of amides is 1. The highest BCUT2D eigenvalue weighted by Crippen LogP contribution is 2.29. The van der Waals surface area contributed by atoms with Crippen molar-refractivity contribution in [1.29, 1.82) is 0 Å². The average Bonchev–Trinajstić information content (AvgIpc) is 3.50. The smallest absolute Gasteiger partial charge is 0.264 e. The molecule has 0 bridgehead atoms. The Hall–Kier alpha value is -2.37. The Balaban J connectivity index is 1.10. The lowest BCUT2D eigenvalue weighted by atomic mass is 10.0. The fourth-order valence-corrected chi connectivity index (χ4v) is 7.00. The molecule has 0 unspecified atom stereocenters. The maximum absolute atomic E-state index is 13.1. The molecule has 3 aromatic rings. The number of carbonyl (C=O) groups is 1. The summed E-state index contributed by atoms with van der Waals surface area (Å²) in [4.78, 5) is 21.2. The van der Waals surface area contributed by atoms with Crippen LogP contribution in [-0.2, 0) is 12.8 Å². The van der Waals surface area contributed by atoms with E-state index >= 15 is 0 Å². The average molecular weight is 460 g/mol. The summed E-state index contributed by atoms with van der Waals surface area (Å²) in [6.45, 7) is 5.82. The van der Waals surface area contributed by atoms with Gasteiger partial charge in [0.15, 0.2) is 0 Å². The van der Waals surface area contributed by atoms with Crippen LogP contribution in [0.15, 0.2) is 48.5 Å². The first-order valence-corrected chi connectivity index (χ1v) is 13.4. The SMILES string of the molecule is O=C(c1cc2ccccc2s1)N1CCN(c2ccc3c(c2)CCN(C2CCCC2)CC3)CC1. The monoisotopic (exact) mass is 459 g/mol. The van der Waals surface area contributed by atoms with Crippen LogP contribution in [0.3, 0.4) is 0 Å². The van der Waals surface area contributed by atoms with Crippen molar-refractivity contribution in [2.75, 3.05) is 44.2 Å². The van der Waals surface area contributed by atoms with Crippen molar-refractivity contribution in [1.82, 2.24) is 9.80 Å². The molecule has 2 aliphatic heterocycles. The fourth-order valence-electron chi connectivity index (χ4n) is 5.97. The summed E-state index contributed by atoms with van der Waals surface area (Å²) in [5, 5.41) is 1.17. The number of rotatable bonds is 3. The minimum Gasteiger partial charge on any atom is -0.368 e. The van der Waals surface area contributed by atoms with E-state index in [9.17, 15) is 4.79 Å². The first kappa shape index (κ1) is 21.2. The Kier molecular flexibility index (Phi) is 5.85. The van der Waals surface area contributed by atoms with Crippen LogP contribution in [0.25, 0.3) is 10.1 Å². The van der Waals surface area contributed by atoms with Crippen molar-refractivity contribution in [3.05, 3.63) is 64.5 Å². The van der Waals surface area contributed by atoms with Crippen LogP contribution < -0.4 is 4.90 Å². The molecule has 0 atom stereocenters. The molecule has 33 heavy (non-hydrogen) atoms. The number of benzene rings is 2. The first-order valence-electron chi connectivity index (χ1n) is 12.6. The quantitative estimate of drug-likeness (QED) is 0.538. The molecule has 172 valence electrons. The lowest BCUT2D eigenvalue weighted by Gasteiger charge is -2.36. The van der Waals surface area contributed by atoms with Crippen molar-refractivity contribution < 1.29 is 4.79 Å². The standard InChI is InChI=1S/C28H33N3OS/c32-28(27-20-23-5-1-4-8-26(23)33-27)31-17-15-30(16-18-31)25-10-9-21-11-13-29(14-12-22(21)19-25)24-6-2-3-7-24/h1,4-5,8-10,19-20,24H,2-3,6-7,11-18H2. The molecular weight excluding hydrogens is 426 g/mol. The van der Waals surface area contributed by atoms with E-state index in [1.54, 1.807) is 11.3 Å². The number of nitrogens with zero attached hydrogens (tertiary/aromatic N) is 3. The predicted molar refractivity (Wildman–Crippen MR) is 138 cm³/mol. The molecule has 0 radical (unpaired) electrons. The summed E-state index contributed by atoms with van der Waals surface area (Å²) in [6, 6.07) is 18.3. The summed E-state index contributed by atoms with van der Waals surface area (Å²) < 4.78 is 1.19. The summed E-state index contributed by atoms with van der Waals surface area (Å²) in [5.74, 6) is 0.185. The largest absolute Gasteiger partial charge is 0.368 e. The van der Waals surface area contributed by atoms with Gasteiger partial charge in [-0.05, 0) is 66.5 Å². The molecule has 5 heteroatoms. The minimum atomic E-state index is 0.185. The van der Waals surface area contributed by atoms with Crippen LogP contribution in [0.5, 0.6) is 0 Å². The summed E-state index contributed by atoms with van der Waals surface area (Å²) >= 11 is 1.61. The van der Waals surface area contributed by atoms with Gasteiger partial charge in [0.25, 0.3) is 5.91 Å². The van der Waals surface area contributed by atoms with Gasteiger partial charge in [-0.1, -0.05) is 37.1 Å². The highest BCUT2D eigenvalue weighted by molar-refractivity contribution is 7.20. The summed E-state index contributed by atoms with van der Waals surface area (Å²) in [5.41, 5.74) is 4.41. The van der Waals surface area contributed by atoms with E-state index in [4.69, 9.17) is 0 Å². The van der Waals surface area contributed by atoms with E-state index in [1.807, 2.05) is 17.0 Å². The van der Waals surface area contributed by atoms with Crippen molar-refractivity contribution in [2.45, 2.75) is 44.6 Å². The number of thiophene rings is 1. The molecule has 1 aromatic heterocycles. The second-order valence-corrected chi connectivity index (χ2v) is 10.9. The van der Waals surface area contributed by atoms with Crippen molar-refractivity contribution in [3.8, 4) is 0 Å². The van der Waals surface area contributed by atoms with Crippen LogP contribution in [0, 0.1) is 0 Å². The van der Waals surface area contributed by atoms with Crippen LogP contribution in [0.4, 0.5) is 5.69 Å². The molecule has 1 aliphatic carbocycles. The third-order valence-corrected chi connectivity index (χ3v) is 9.04. The Bertz CT molecular complexity index is 1110. The molecule has 2 fully saturated rings. The molecular formula is C28H33N3OS. The number of anilines is 1. The summed E-state index contributed by atoms with van der Waals surface area (Å²) in [6.07, 6.45) is 7.97. The third-order valence-electron chi connectivity index (χ3n) is 7.94. The van der Waals surface area contributed by atoms with E-state index < -0.39 is 0 Å². The van der Waals surface area contributed by atoms with Gasteiger partial charge in [0, 0.05) is 55.7 Å². The van der Waals surface area contributed by atoms with Gasteiger partial charge < -0.3 is 9.80 Å². The molecule has 1 saturated heterocycles. The molecule has 0 N–H and O–H groups in total. The second-order valence-electron chi connectivity index (χ2n) is 9.85. The zero-order valence-electron chi connectivity index (χ0n) is 19.3.